The van der Waals surface area contributed by atoms with Crippen molar-refractivity contribution in [3.63, 3.8) is 0 Å². The second-order valence-corrected chi connectivity index (χ2v) is 2.58. The zero-order chi connectivity index (χ0) is 8.91. The number of aliphatic hydroxyl groups is 1. The van der Waals surface area contributed by atoms with Gasteiger partial charge >= 0.3 is 0 Å². The molecule has 1 atom stereocenters. The first kappa shape index (κ1) is 10.7. The van der Waals surface area contributed by atoms with Gasteiger partial charge in [-0.1, -0.05) is 0 Å². The van der Waals surface area contributed by atoms with Gasteiger partial charge < -0.3 is 16.6 Å². The van der Waals surface area contributed by atoms with Crippen LogP contribution in [0, 0.1) is 0 Å². The van der Waals surface area contributed by atoms with Crippen LogP contribution in [-0.4, -0.2) is 30.2 Å². The monoisotopic (exact) mass is 168 g/mol. The first-order valence-corrected chi connectivity index (χ1v) is 3.45. The van der Waals surface area contributed by atoms with E-state index < -0.39 is 18.6 Å². The van der Waals surface area contributed by atoms with Crippen LogP contribution in [-0.2, 0) is 0 Å². The van der Waals surface area contributed by atoms with Crippen molar-refractivity contribution in [2.75, 3.05) is 13.2 Å². The van der Waals surface area contributed by atoms with E-state index in [-0.39, 0.29) is 6.42 Å². The molecule has 1 unspecified atom stereocenters. The number of nitrogens with two attached hydrogens (primary N) is 2. The number of hydrogen-bond donors (Lipinski definition) is 3. The lowest BCUT2D eigenvalue weighted by atomic mass is 9.96. The van der Waals surface area contributed by atoms with E-state index in [1.54, 1.807) is 0 Å². The SMILES string of the molecule is NCCCC(N)(CO)C(F)F. The summed E-state index contributed by atoms with van der Waals surface area (Å²) < 4.78 is 24.2. The van der Waals surface area contributed by atoms with Crippen molar-refractivity contribution < 1.29 is 13.9 Å². The van der Waals surface area contributed by atoms with E-state index in [9.17, 15) is 8.78 Å². The van der Waals surface area contributed by atoms with Crippen LogP contribution in [0.2, 0.25) is 0 Å². The van der Waals surface area contributed by atoms with Crippen LogP contribution in [0.5, 0.6) is 0 Å². The van der Waals surface area contributed by atoms with Crippen LogP contribution in [0.25, 0.3) is 0 Å². The standard InChI is InChI=1S/C6H14F2N2O/c7-5(8)6(10,4-11)2-1-3-9/h5,11H,1-4,9-10H2. The van der Waals surface area contributed by atoms with Crippen LogP contribution in [0.15, 0.2) is 0 Å². The van der Waals surface area contributed by atoms with Gasteiger partial charge in [-0.05, 0) is 19.4 Å². The highest BCUT2D eigenvalue weighted by molar-refractivity contribution is 4.85. The lowest BCUT2D eigenvalue weighted by Crippen LogP contribution is -2.50. The summed E-state index contributed by atoms with van der Waals surface area (Å²) in [4.78, 5) is 0. The molecule has 0 aromatic rings. The molecule has 5 N–H and O–H groups in total. The summed E-state index contributed by atoms with van der Waals surface area (Å²) in [6.45, 7) is -0.393. The fourth-order valence-corrected chi connectivity index (χ4v) is 0.688. The molecule has 0 aromatic carbocycles. The Morgan fingerprint density at radius 1 is 1.45 bits per heavy atom. The third kappa shape index (κ3) is 3.09. The van der Waals surface area contributed by atoms with Gasteiger partial charge in [0.15, 0.2) is 0 Å². The molecule has 0 aromatic heterocycles. The molecule has 0 aliphatic heterocycles. The van der Waals surface area contributed by atoms with Gasteiger partial charge in [-0.15, -0.1) is 0 Å². The minimum Gasteiger partial charge on any atom is -0.394 e. The first-order valence-electron chi connectivity index (χ1n) is 3.45. The first-order chi connectivity index (χ1) is 5.06. The van der Waals surface area contributed by atoms with Crippen molar-refractivity contribution >= 4 is 0 Å². The third-order valence-corrected chi connectivity index (χ3v) is 1.58. The van der Waals surface area contributed by atoms with E-state index in [0.29, 0.717) is 13.0 Å². The van der Waals surface area contributed by atoms with E-state index in [0.717, 1.165) is 0 Å². The van der Waals surface area contributed by atoms with Crippen molar-refractivity contribution in [2.45, 2.75) is 24.8 Å². The maximum Gasteiger partial charge on any atom is 0.258 e. The number of aliphatic hydroxyl groups excluding tert-OH is 1. The predicted molar refractivity (Wildman–Crippen MR) is 38.3 cm³/mol. The highest BCUT2D eigenvalue weighted by Gasteiger charge is 2.34. The van der Waals surface area contributed by atoms with Crippen molar-refractivity contribution in [2.24, 2.45) is 11.5 Å². The Hall–Kier alpha value is -0.260. The summed E-state index contributed by atoms with van der Waals surface area (Å²) in [6, 6.07) is 0. The summed E-state index contributed by atoms with van der Waals surface area (Å²) in [5.41, 5.74) is 8.51. The zero-order valence-electron chi connectivity index (χ0n) is 6.26. The quantitative estimate of drug-likeness (QED) is 0.526. The molecule has 0 aliphatic rings. The highest BCUT2D eigenvalue weighted by atomic mass is 19.3. The van der Waals surface area contributed by atoms with Crippen LogP contribution in [0.1, 0.15) is 12.8 Å². The molecule has 68 valence electrons. The number of alkyl halides is 2. The molecule has 0 amide bonds. The molecule has 0 heterocycles. The van der Waals surface area contributed by atoms with Crippen LogP contribution >= 0.6 is 0 Å². The predicted octanol–water partition coefficient (Wildman–Crippen LogP) is -0.320. The molecule has 0 fully saturated rings. The fourth-order valence-electron chi connectivity index (χ4n) is 0.688. The van der Waals surface area contributed by atoms with Gasteiger partial charge in [-0.3, -0.25) is 0 Å². The second kappa shape index (κ2) is 4.58. The maximum absolute atomic E-state index is 12.1. The Morgan fingerprint density at radius 3 is 2.27 bits per heavy atom. The molecule has 5 heteroatoms. The molecule has 0 radical (unpaired) electrons. The Balaban J connectivity index is 3.88. The molecule has 3 nitrogen and oxygen atoms in total. The summed E-state index contributed by atoms with van der Waals surface area (Å²) in [6.07, 6.45) is -2.24. The molecule has 0 rings (SSSR count). The summed E-state index contributed by atoms with van der Waals surface area (Å²) in [5, 5.41) is 8.54. The van der Waals surface area contributed by atoms with Crippen molar-refractivity contribution in [3.05, 3.63) is 0 Å². The Labute approximate surface area is 64.4 Å². The summed E-state index contributed by atoms with van der Waals surface area (Å²) in [5.74, 6) is 0. The molecule has 0 spiro atoms. The van der Waals surface area contributed by atoms with Gasteiger partial charge in [0.25, 0.3) is 6.43 Å². The smallest absolute Gasteiger partial charge is 0.258 e. The van der Waals surface area contributed by atoms with Gasteiger partial charge in [0.1, 0.15) is 5.54 Å². The van der Waals surface area contributed by atoms with Gasteiger partial charge in [-0.2, -0.15) is 0 Å². The molecule has 11 heavy (non-hydrogen) atoms. The molecule has 0 saturated carbocycles. The maximum atomic E-state index is 12.1. The van der Waals surface area contributed by atoms with E-state index in [4.69, 9.17) is 16.6 Å². The number of hydrogen-bond acceptors (Lipinski definition) is 3. The molecular formula is C6H14F2N2O. The Morgan fingerprint density at radius 2 is 2.00 bits per heavy atom. The second-order valence-electron chi connectivity index (χ2n) is 2.58. The summed E-state index contributed by atoms with van der Waals surface area (Å²) in [7, 11) is 0. The molecule has 0 saturated heterocycles. The van der Waals surface area contributed by atoms with E-state index in [2.05, 4.69) is 0 Å². The van der Waals surface area contributed by atoms with Crippen LogP contribution in [0.3, 0.4) is 0 Å². The highest BCUT2D eigenvalue weighted by Crippen LogP contribution is 2.17. The average molecular weight is 168 g/mol. The number of rotatable bonds is 5. The van der Waals surface area contributed by atoms with Gasteiger partial charge in [0.05, 0.1) is 6.61 Å². The fraction of sp³-hybridized carbons (Fsp3) is 1.00. The van der Waals surface area contributed by atoms with Gasteiger partial charge in [0.2, 0.25) is 0 Å². The van der Waals surface area contributed by atoms with Crippen molar-refractivity contribution in [3.8, 4) is 0 Å². The normalized spacial score (nSPS) is 16.9. The van der Waals surface area contributed by atoms with E-state index >= 15 is 0 Å². The Bertz CT molecular complexity index is 113. The van der Waals surface area contributed by atoms with Crippen molar-refractivity contribution in [1.82, 2.24) is 0 Å². The van der Waals surface area contributed by atoms with Gasteiger partial charge in [0, 0.05) is 0 Å². The zero-order valence-corrected chi connectivity index (χ0v) is 6.26. The third-order valence-electron chi connectivity index (χ3n) is 1.58. The number of halogens is 2. The van der Waals surface area contributed by atoms with Crippen LogP contribution in [0.4, 0.5) is 8.78 Å². The molecule has 0 bridgehead atoms. The lowest BCUT2D eigenvalue weighted by Gasteiger charge is -2.25. The largest absolute Gasteiger partial charge is 0.394 e. The van der Waals surface area contributed by atoms with Crippen LogP contribution < -0.4 is 11.5 Å². The molecule has 0 aliphatic carbocycles. The average Bonchev–Trinajstić information content (AvgIpc) is 2.00. The van der Waals surface area contributed by atoms with E-state index in [1.165, 1.54) is 0 Å². The topological polar surface area (TPSA) is 72.3 Å². The van der Waals surface area contributed by atoms with E-state index in [1.807, 2.05) is 0 Å². The minimum absolute atomic E-state index is 0.0532. The molecular weight excluding hydrogens is 154 g/mol. The lowest BCUT2D eigenvalue weighted by molar-refractivity contribution is 0.0123. The summed E-state index contributed by atoms with van der Waals surface area (Å²) >= 11 is 0. The Kier molecular flexibility index (Phi) is 4.48. The minimum atomic E-state index is -2.70. The van der Waals surface area contributed by atoms with Crippen molar-refractivity contribution in [1.29, 1.82) is 0 Å². The van der Waals surface area contributed by atoms with Gasteiger partial charge in [-0.25, -0.2) is 8.78 Å².